The van der Waals surface area contributed by atoms with Crippen molar-refractivity contribution >= 4 is 17.3 Å². The fourth-order valence-corrected chi connectivity index (χ4v) is 1.15. The molecule has 4 heteroatoms. The zero-order valence-electron chi connectivity index (χ0n) is 8.02. The van der Waals surface area contributed by atoms with Gasteiger partial charge in [0, 0.05) is 26.3 Å². The molecule has 1 unspecified atom stereocenters. The molecule has 0 aliphatic rings. The van der Waals surface area contributed by atoms with Gasteiger partial charge in [0.1, 0.15) is 0 Å². The van der Waals surface area contributed by atoms with E-state index in [9.17, 15) is 0 Å². The van der Waals surface area contributed by atoms with E-state index in [-0.39, 0.29) is 0 Å². The van der Waals surface area contributed by atoms with Crippen molar-refractivity contribution in [3.05, 3.63) is 0 Å². The van der Waals surface area contributed by atoms with Gasteiger partial charge in [-0.3, -0.25) is 0 Å². The molecular formula is C8H18N2OS. The van der Waals surface area contributed by atoms with Gasteiger partial charge in [0.15, 0.2) is 5.11 Å². The first-order valence-corrected chi connectivity index (χ1v) is 4.64. The average molecular weight is 190 g/mol. The van der Waals surface area contributed by atoms with Crippen molar-refractivity contribution in [2.24, 2.45) is 0 Å². The lowest BCUT2D eigenvalue weighted by Crippen LogP contribution is -2.40. The first-order chi connectivity index (χ1) is 5.70. The molecule has 12 heavy (non-hydrogen) atoms. The second kappa shape index (κ2) is 7.31. The maximum atomic E-state index is 5.02. The van der Waals surface area contributed by atoms with Crippen molar-refractivity contribution < 1.29 is 4.74 Å². The quantitative estimate of drug-likeness (QED) is 0.631. The number of rotatable bonds is 5. The third kappa shape index (κ3) is 6.37. The zero-order valence-corrected chi connectivity index (χ0v) is 8.83. The van der Waals surface area contributed by atoms with Crippen molar-refractivity contribution in [2.45, 2.75) is 26.3 Å². The predicted octanol–water partition coefficient (Wildman–Crippen LogP) is 0.895. The summed E-state index contributed by atoms with van der Waals surface area (Å²) in [5.41, 5.74) is 0. The van der Waals surface area contributed by atoms with E-state index in [1.165, 1.54) is 0 Å². The monoisotopic (exact) mass is 190 g/mol. The zero-order chi connectivity index (χ0) is 9.40. The Kier molecular flexibility index (Phi) is 7.09. The molecule has 0 saturated heterocycles. The van der Waals surface area contributed by atoms with Crippen molar-refractivity contribution in [1.82, 2.24) is 10.6 Å². The van der Waals surface area contributed by atoms with Gasteiger partial charge in [0.05, 0.1) is 0 Å². The molecule has 0 aromatic heterocycles. The molecule has 0 spiro atoms. The minimum atomic E-state index is 0.372. The van der Waals surface area contributed by atoms with Crippen LogP contribution >= 0.6 is 12.2 Å². The molecule has 3 nitrogen and oxygen atoms in total. The molecular weight excluding hydrogens is 172 g/mol. The molecule has 0 fully saturated rings. The van der Waals surface area contributed by atoms with Crippen LogP contribution in [0.15, 0.2) is 0 Å². The molecule has 0 aromatic rings. The lowest BCUT2D eigenvalue weighted by molar-refractivity contribution is 0.187. The minimum absolute atomic E-state index is 0.372. The Morgan fingerprint density at radius 1 is 1.58 bits per heavy atom. The van der Waals surface area contributed by atoms with Crippen molar-refractivity contribution in [3.63, 3.8) is 0 Å². The summed E-state index contributed by atoms with van der Waals surface area (Å²) in [5.74, 6) is 0. The number of ether oxygens (including phenoxy) is 1. The summed E-state index contributed by atoms with van der Waals surface area (Å²) in [4.78, 5) is 0. The molecule has 0 aromatic carbocycles. The number of methoxy groups -OCH3 is 1. The summed E-state index contributed by atoms with van der Waals surface area (Å²) in [6.45, 7) is 5.74. The maximum Gasteiger partial charge on any atom is 0.166 e. The molecule has 0 saturated carbocycles. The molecule has 0 aliphatic heterocycles. The SMILES string of the molecule is CCNC(=S)NC(C)CCOC. The van der Waals surface area contributed by atoms with E-state index in [4.69, 9.17) is 17.0 Å². The Labute approximate surface area is 79.9 Å². The largest absolute Gasteiger partial charge is 0.385 e. The van der Waals surface area contributed by atoms with Crippen LogP contribution in [0.4, 0.5) is 0 Å². The van der Waals surface area contributed by atoms with E-state index in [2.05, 4.69) is 17.6 Å². The first kappa shape index (κ1) is 11.6. The van der Waals surface area contributed by atoms with Gasteiger partial charge in [0.25, 0.3) is 0 Å². The van der Waals surface area contributed by atoms with Gasteiger partial charge >= 0.3 is 0 Å². The first-order valence-electron chi connectivity index (χ1n) is 4.24. The highest BCUT2D eigenvalue weighted by molar-refractivity contribution is 7.80. The molecule has 72 valence electrons. The van der Waals surface area contributed by atoms with E-state index >= 15 is 0 Å². The Bertz CT molecular complexity index is 130. The predicted molar refractivity (Wildman–Crippen MR) is 55.4 cm³/mol. The lowest BCUT2D eigenvalue weighted by Gasteiger charge is -2.15. The lowest BCUT2D eigenvalue weighted by atomic mass is 10.2. The van der Waals surface area contributed by atoms with Crippen molar-refractivity contribution in [1.29, 1.82) is 0 Å². The van der Waals surface area contributed by atoms with E-state index in [1.807, 2.05) is 6.92 Å². The average Bonchev–Trinajstić information content (AvgIpc) is 2.01. The third-order valence-corrected chi connectivity index (χ3v) is 1.73. The summed E-state index contributed by atoms with van der Waals surface area (Å²) < 4.78 is 4.95. The van der Waals surface area contributed by atoms with Crippen LogP contribution in [-0.2, 0) is 4.74 Å². The number of thiocarbonyl (C=S) groups is 1. The van der Waals surface area contributed by atoms with Gasteiger partial charge in [-0.25, -0.2) is 0 Å². The van der Waals surface area contributed by atoms with Crippen LogP contribution < -0.4 is 10.6 Å². The maximum absolute atomic E-state index is 5.02. The van der Waals surface area contributed by atoms with Gasteiger partial charge in [-0.15, -0.1) is 0 Å². The van der Waals surface area contributed by atoms with Crippen LogP contribution in [0.1, 0.15) is 20.3 Å². The van der Waals surface area contributed by atoms with Crippen LogP contribution in [-0.4, -0.2) is 31.4 Å². The summed E-state index contributed by atoms with van der Waals surface area (Å²) in [7, 11) is 1.70. The fraction of sp³-hybridized carbons (Fsp3) is 0.875. The highest BCUT2D eigenvalue weighted by Crippen LogP contribution is 1.89. The number of hydrogen-bond donors (Lipinski definition) is 2. The van der Waals surface area contributed by atoms with Crippen LogP contribution in [0.5, 0.6) is 0 Å². The fourth-order valence-electron chi connectivity index (χ4n) is 0.802. The molecule has 0 radical (unpaired) electrons. The van der Waals surface area contributed by atoms with Crippen LogP contribution in [0.3, 0.4) is 0 Å². The molecule has 0 heterocycles. The molecule has 0 aliphatic carbocycles. The summed E-state index contributed by atoms with van der Waals surface area (Å²) in [5, 5.41) is 6.91. The van der Waals surface area contributed by atoms with Gasteiger partial charge in [0.2, 0.25) is 0 Å². The van der Waals surface area contributed by atoms with Gasteiger partial charge < -0.3 is 15.4 Å². The van der Waals surface area contributed by atoms with Crippen LogP contribution in [0.2, 0.25) is 0 Å². The van der Waals surface area contributed by atoms with E-state index < -0.39 is 0 Å². The van der Waals surface area contributed by atoms with Gasteiger partial charge in [-0.05, 0) is 32.5 Å². The highest BCUT2D eigenvalue weighted by atomic mass is 32.1. The number of nitrogens with one attached hydrogen (secondary N) is 2. The van der Waals surface area contributed by atoms with Gasteiger partial charge in [-0.1, -0.05) is 0 Å². The Balaban J connectivity index is 3.40. The molecule has 2 N–H and O–H groups in total. The Morgan fingerprint density at radius 2 is 2.25 bits per heavy atom. The third-order valence-electron chi connectivity index (χ3n) is 1.47. The van der Waals surface area contributed by atoms with E-state index in [0.717, 1.165) is 24.7 Å². The summed E-state index contributed by atoms with van der Waals surface area (Å²) in [6, 6.07) is 0.372. The smallest absolute Gasteiger partial charge is 0.166 e. The second-order valence-corrected chi connectivity index (χ2v) is 3.09. The Morgan fingerprint density at radius 3 is 2.75 bits per heavy atom. The van der Waals surface area contributed by atoms with E-state index in [0.29, 0.717) is 6.04 Å². The topological polar surface area (TPSA) is 33.3 Å². The number of hydrogen-bond acceptors (Lipinski definition) is 2. The highest BCUT2D eigenvalue weighted by Gasteiger charge is 2.01. The molecule has 0 rings (SSSR count). The normalized spacial score (nSPS) is 12.2. The van der Waals surface area contributed by atoms with E-state index in [1.54, 1.807) is 7.11 Å². The second-order valence-electron chi connectivity index (χ2n) is 2.69. The molecule has 0 bridgehead atoms. The standard InChI is InChI=1S/C8H18N2OS/c1-4-9-8(12)10-7(2)5-6-11-3/h7H,4-6H2,1-3H3,(H2,9,10,12). The minimum Gasteiger partial charge on any atom is -0.385 e. The summed E-state index contributed by atoms with van der Waals surface area (Å²) >= 11 is 5.02. The molecule has 1 atom stereocenters. The van der Waals surface area contributed by atoms with Crippen molar-refractivity contribution in [3.8, 4) is 0 Å². The van der Waals surface area contributed by atoms with Crippen LogP contribution in [0.25, 0.3) is 0 Å². The Hall–Kier alpha value is -0.350. The van der Waals surface area contributed by atoms with Gasteiger partial charge in [-0.2, -0.15) is 0 Å². The molecule has 0 amide bonds. The summed E-state index contributed by atoms with van der Waals surface area (Å²) in [6.07, 6.45) is 0.974. The van der Waals surface area contributed by atoms with Crippen molar-refractivity contribution in [2.75, 3.05) is 20.3 Å². The van der Waals surface area contributed by atoms with Crippen LogP contribution in [0, 0.1) is 0 Å².